The third-order valence-corrected chi connectivity index (χ3v) is 2.60. The molecule has 1 aliphatic heterocycles. The van der Waals surface area contributed by atoms with Crippen LogP contribution in [-0.2, 0) is 17.6 Å². The fourth-order valence-corrected chi connectivity index (χ4v) is 1.90. The number of hydrogen-bond donors (Lipinski definition) is 2. The minimum absolute atomic E-state index is 0.169. The zero-order chi connectivity index (χ0) is 11.0. The van der Waals surface area contributed by atoms with Gasteiger partial charge in [0.15, 0.2) is 5.82 Å². The van der Waals surface area contributed by atoms with E-state index in [2.05, 4.69) is 5.32 Å². The number of benzene rings is 1. The highest BCUT2D eigenvalue weighted by Gasteiger charge is 2.24. The van der Waals surface area contributed by atoms with Gasteiger partial charge < -0.3 is 11.1 Å². The van der Waals surface area contributed by atoms with Gasteiger partial charge in [-0.25, -0.2) is 4.39 Å². The molecule has 4 heteroatoms. The predicted octanol–water partition coefficient (Wildman–Crippen LogP) is 1.85. The van der Waals surface area contributed by atoms with Crippen molar-refractivity contribution in [1.82, 2.24) is 0 Å². The molecule has 1 aliphatic rings. The quantitative estimate of drug-likeness (QED) is 0.729. The molecule has 2 rings (SSSR count). The summed E-state index contributed by atoms with van der Waals surface area (Å²) in [7, 11) is 0. The van der Waals surface area contributed by atoms with E-state index in [4.69, 9.17) is 5.73 Å². The molecular weight excluding hydrogens is 195 g/mol. The molecule has 0 unspecified atom stereocenters. The first-order chi connectivity index (χ1) is 7.13. The zero-order valence-electron chi connectivity index (χ0n) is 8.56. The van der Waals surface area contributed by atoms with Gasteiger partial charge in [0.1, 0.15) is 0 Å². The Morgan fingerprint density at radius 1 is 1.60 bits per heavy atom. The van der Waals surface area contributed by atoms with Crippen LogP contribution in [0.3, 0.4) is 0 Å². The van der Waals surface area contributed by atoms with Crippen molar-refractivity contribution in [2.45, 2.75) is 26.2 Å². The number of nitrogen functional groups attached to an aromatic ring is 1. The molecule has 0 bridgehead atoms. The summed E-state index contributed by atoms with van der Waals surface area (Å²) in [6.07, 6.45) is 1.65. The highest BCUT2D eigenvalue weighted by Crippen LogP contribution is 2.32. The third-order valence-electron chi connectivity index (χ3n) is 2.60. The summed E-state index contributed by atoms with van der Waals surface area (Å²) in [5, 5.41) is 2.52. The van der Waals surface area contributed by atoms with E-state index in [1.54, 1.807) is 6.07 Å². The minimum Gasteiger partial charge on any atom is -0.398 e. The molecule has 15 heavy (non-hydrogen) atoms. The smallest absolute Gasteiger partial charge is 0.228 e. The van der Waals surface area contributed by atoms with Crippen LogP contribution >= 0.6 is 0 Å². The van der Waals surface area contributed by atoms with Crippen molar-refractivity contribution in [2.75, 3.05) is 11.1 Å². The Bertz CT molecular complexity index is 429. The maximum absolute atomic E-state index is 13.9. The molecule has 1 amide bonds. The summed E-state index contributed by atoms with van der Waals surface area (Å²) >= 11 is 0. The Balaban J connectivity index is 2.53. The highest BCUT2D eigenvalue weighted by atomic mass is 19.1. The average molecular weight is 208 g/mol. The number of rotatable bonds is 2. The monoisotopic (exact) mass is 208 g/mol. The summed E-state index contributed by atoms with van der Waals surface area (Å²) < 4.78 is 13.9. The molecule has 80 valence electrons. The van der Waals surface area contributed by atoms with Crippen molar-refractivity contribution < 1.29 is 9.18 Å². The Labute approximate surface area is 87.5 Å². The summed E-state index contributed by atoms with van der Waals surface area (Å²) in [5.74, 6) is -0.533. The van der Waals surface area contributed by atoms with Gasteiger partial charge in [0, 0.05) is 11.3 Å². The second-order valence-corrected chi connectivity index (χ2v) is 3.77. The lowest BCUT2D eigenvalue weighted by Crippen LogP contribution is -2.05. The summed E-state index contributed by atoms with van der Waals surface area (Å²) in [6, 6.07) is 1.70. The van der Waals surface area contributed by atoms with E-state index in [1.807, 2.05) is 6.92 Å². The van der Waals surface area contributed by atoms with Crippen LogP contribution in [0.4, 0.5) is 15.8 Å². The first-order valence-electron chi connectivity index (χ1n) is 5.03. The maximum Gasteiger partial charge on any atom is 0.228 e. The van der Waals surface area contributed by atoms with Crippen LogP contribution in [0.15, 0.2) is 6.07 Å². The molecule has 0 fully saturated rings. The second kappa shape index (κ2) is 3.53. The van der Waals surface area contributed by atoms with Crippen molar-refractivity contribution in [3.8, 4) is 0 Å². The number of carbonyl (C=O) groups excluding carboxylic acids is 1. The Hall–Kier alpha value is -1.58. The van der Waals surface area contributed by atoms with Crippen molar-refractivity contribution in [1.29, 1.82) is 0 Å². The molecule has 1 aromatic carbocycles. The predicted molar refractivity (Wildman–Crippen MR) is 57.1 cm³/mol. The number of fused-ring (bicyclic) bond motifs is 1. The van der Waals surface area contributed by atoms with Gasteiger partial charge in [-0.2, -0.15) is 0 Å². The van der Waals surface area contributed by atoms with Crippen molar-refractivity contribution in [2.24, 2.45) is 0 Å². The normalized spacial score (nSPS) is 13.9. The molecule has 3 nitrogen and oxygen atoms in total. The molecular formula is C11H13FN2O. The standard InChI is InChI=1S/C11H13FN2O/c1-2-3-7-8(13)4-6-5-9(15)14-11(6)10(7)12/h4H,2-3,5,13H2,1H3,(H,14,15). The van der Waals surface area contributed by atoms with Gasteiger partial charge in [-0.05, 0) is 18.1 Å². The fraction of sp³-hybridized carbons (Fsp3) is 0.364. The van der Waals surface area contributed by atoms with Crippen LogP contribution in [0, 0.1) is 5.82 Å². The molecule has 1 aromatic rings. The molecule has 3 N–H and O–H groups in total. The third kappa shape index (κ3) is 1.56. The van der Waals surface area contributed by atoms with E-state index in [0.29, 0.717) is 28.9 Å². The number of anilines is 2. The lowest BCUT2D eigenvalue weighted by Gasteiger charge is -2.09. The van der Waals surface area contributed by atoms with Crippen molar-refractivity contribution in [3.63, 3.8) is 0 Å². The van der Waals surface area contributed by atoms with E-state index in [-0.39, 0.29) is 18.1 Å². The van der Waals surface area contributed by atoms with Gasteiger partial charge in [0.2, 0.25) is 5.91 Å². The average Bonchev–Trinajstić information content (AvgIpc) is 2.53. The molecule has 1 heterocycles. The highest BCUT2D eigenvalue weighted by molar-refractivity contribution is 6.00. The van der Waals surface area contributed by atoms with Crippen LogP contribution in [-0.4, -0.2) is 5.91 Å². The molecule has 0 atom stereocenters. The van der Waals surface area contributed by atoms with Gasteiger partial charge in [0.05, 0.1) is 12.1 Å². The van der Waals surface area contributed by atoms with E-state index >= 15 is 0 Å². The van der Waals surface area contributed by atoms with Crippen LogP contribution in [0.2, 0.25) is 0 Å². The Kier molecular flexibility index (Phi) is 2.34. The number of halogens is 1. The minimum atomic E-state index is -0.363. The van der Waals surface area contributed by atoms with Gasteiger partial charge in [-0.1, -0.05) is 13.3 Å². The number of hydrogen-bond acceptors (Lipinski definition) is 2. The number of nitrogens with one attached hydrogen (secondary N) is 1. The van der Waals surface area contributed by atoms with Crippen molar-refractivity contribution >= 4 is 17.3 Å². The van der Waals surface area contributed by atoms with E-state index in [9.17, 15) is 9.18 Å². The Morgan fingerprint density at radius 3 is 3.00 bits per heavy atom. The van der Waals surface area contributed by atoms with Gasteiger partial charge >= 0.3 is 0 Å². The van der Waals surface area contributed by atoms with Crippen molar-refractivity contribution in [3.05, 3.63) is 23.0 Å². The zero-order valence-corrected chi connectivity index (χ0v) is 8.56. The molecule has 0 saturated heterocycles. The van der Waals surface area contributed by atoms with E-state index < -0.39 is 0 Å². The van der Waals surface area contributed by atoms with E-state index in [0.717, 1.165) is 6.42 Å². The number of nitrogens with two attached hydrogens (primary N) is 1. The molecule has 0 saturated carbocycles. The van der Waals surface area contributed by atoms with Crippen LogP contribution in [0.25, 0.3) is 0 Å². The van der Waals surface area contributed by atoms with Gasteiger partial charge in [-0.3, -0.25) is 4.79 Å². The molecule has 0 aliphatic carbocycles. The number of carbonyl (C=O) groups is 1. The molecule has 0 spiro atoms. The molecule has 0 aromatic heterocycles. The largest absolute Gasteiger partial charge is 0.398 e. The lowest BCUT2D eigenvalue weighted by atomic mass is 10.0. The van der Waals surface area contributed by atoms with Crippen LogP contribution in [0.1, 0.15) is 24.5 Å². The maximum atomic E-state index is 13.9. The SMILES string of the molecule is CCCc1c(N)cc2c(c1F)NC(=O)C2. The second-order valence-electron chi connectivity index (χ2n) is 3.77. The topological polar surface area (TPSA) is 55.1 Å². The summed E-state index contributed by atoms with van der Waals surface area (Å²) in [5.41, 5.74) is 7.69. The molecule has 0 radical (unpaired) electrons. The first kappa shape index (κ1) is 9.96. The van der Waals surface area contributed by atoms with Crippen LogP contribution < -0.4 is 11.1 Å². The lowest BCUT2D eigenvalue weighted by molar-refractivity contribution is -0.115. The Morgan fingerprint density at radius 2 is 2.33 bits per heavy atom. The summed E-state index contributed by atoms with van der Waals surface area (Å²) in [4.78, 5) is 11.1. The van der Waals surface area contributed by atoms with Gasteiger partial charge in [-0.15, -0.1) is 0 Å². The number of amides is 1. The fourth-order valence-electron chi connectivity index (χ4n) is 1.90. The van der Waals surface area contributed by atoms with E-state index in [1.165, 1.54) is 0 Å². The first-order valence-corrected chi connectivity index (χ1v) is 5.03. The van der Waals surface area contributed by atoms with Crippen LogP contribution in [0.5, 0.6) is 0 Å². The summed E-state index contributed by atoms with van der Waals surface area (Å²) in [6.45, 7) is 1.96. The van der Waals surface area contributed by atoms with Gasteiger partial charge in [0.25, 0.3) is 0 Å².